The number of aromatic amines is 1. The summed E-state index contributed by atoms with van der Waals surface area (Å²) >= 11 is 0. The van der Waals surface area contributed by atoms with Crippen molar-refractivity contribution < 1.29 is 23.5 Å². The number of ether oxygens (including phenoxy) is 2. The molecule has 9 heteroatoms. The van der Waals surface area contributed by atoms with Gasteiger partial charge in [0, 0.05) is 13.0 Å². The molecule has 2 heterocycles. The van der Waals surface area contributed by atoms with E-state index >= 15 is 0 Å². The predicted molar refractivity (Wildman–Crippen MR) is 114 cm³/mol. The van der Waals surface area contributed by atoms with Crippen LogP contribution in [0.4, 0.5) is 9.18 Å². The molecule has 170 valence electrons. The number of amides is 1. The fourth-order valence-corrected chi connectivity index (χ4v) is 3.68. The molecule has 0 radical (unpaired) electrons. The minimum absolute atomic E-state index is 0.0868. The fourth-order valence-electron chi connectivity index (χ4n) is 3.68. The highest BCUT2D eigenvalue weighted by Gasteiger charge is 2.51. The molecule has 0 aliphatic carbocycles. The maximum absolute atomic E-state index is 13.7. The van der Waals surface area contributed by atoms with E-state index in [1.165, 1.54) is 17.0 Å². The van der Waals surface area contributed by atoms with Crippen molar-refractivity contribution in [1.29, 1.82) is 0 Å². The number of hydrogen-bond acceptors (Lipinski definition) is 6. The van der Waals surface area contributed by atoms with Crippen LogP contribution in [0.15, 0.2) is 18.2 Å². The van der Waals surface area contributed by atoms with Gasteiger partial charge in [0.25, 0.3) is 0 Å². The van der Waals surface area contributed by atoms with E-state index in [4.69, 9.17) is 15.2 Å². The van der Waals surface area contributed by atoms with Gasteiger partial charge >= 0.3 is 12.1 Å². The Kier molecular flexibility index (Phi) is 5.77. The van der Waals surface area contributed by atoms with E-state index in [-0.39, 0.29) is 19.4 Å². The SMILES string of the molecule is CC(C)(C)OC(=O)N1CCC(C(=O)OC(C)(C)C)(c2nc3ccc(F)cc3[nH]2)CC1N. The number of halogens is 1. The summed E-state index contributed by atoms with van der Waals surface area (Å²) in [5.41, 5.74) is 4.75. The molecule has 2 aromatic rings. The van der Waals surface area contributed by atoms with Crippen LogP contribution in [0.3, 0.4) is 0 Å². The monoisotopic (exact) mass is 434 g/mol. The number of nitrogens with zero attached hydrogens (tertiary/aromatic N) is 2. The average molecular weight is 435 g/mol. The van der Waals surface area contributed by atoms with Crippen molar-refractivity contribution >= 4 is 23.1 Å². The van der Waals surface area contributed by atoms with Crippen molar-refractivity contribution in [3.8, 4) is 0 Å². The summed E-state index contributed by atoms with van der Waals surface area (Å²) in [6.45, 7) is 10.9. The summed E-state index contributed by atoms with van der Waals surface area (Å²) in [5.74, 6) is -0.550. The number of benzene rings is 1. The number of carbonyl (C=O) groups excluding carboxylic acids is 2. The largest absolute Gasteiger partial charge is 0.459 e. The molecule has 31 heavy (non-hydrogen) atoms. The molecule has 1 aliphatic heterocycles. The second kappa shape index (κ2) is 7.78. The Morgan fingerprint density at radius 3 is 2.42 bits per heavy atom. The van der Waals surface area contributed by atoms with Gasteiger partial charge in [0.2, 0.25) is 0 Å². The van der Waals surface area contributed by atoms with Crippen LogP contribution in [-0.4, -0.2) is 50.8 Å². The Morgan fingerprint density at radius 2 is 1.84 bits per heavy atom. The van der Waals surface area contributed by atoms with Gasteiger partial charge in [-0.1, -0.05) is 0 Å². The van der Waals surface area contributed by atoms with Crippen LogP contribution in [-0.2, 0) is 19.7 Å². The summed E-state index contributed by atoms with van der Waals surface area (Å²) < 4.78 is 24.9. The van der Waals surface area contributed by atoms with Gasteiger partial charge in [0.1, 0.15) is 28.3 Å². The summed E-state index contributed by atoms with van der Waals surface area (Å²) in [5, 5.41) is 0. The molecule has 1 saturated heterocycles. The smallest absolute Gasteiger partial charge is 0.411 e. The molecule has 3 rings (SSSR count). The highest BCUT2D eigenvalue weighted by atomic mass is 19.1. The van der Waals surface area contributed by atoms with Gasteiger partial charge in [-0.25, -0.2) is 14.2 Å². The lowest BCUT2D eigenvalue weighted by Crippen LogP contribution is -2.59. The number of rotatable bonds is 2. The third-order valence-electron chi connectivity index (χ3n) is 5.05. The predicted octanol–water partition coefficient (Wildman–Crippen LogP) is 3.60. The number of aromatic nitrogens is 2. The Balaban J connectivity index is 1.98. The molecular weight excluding hydrogens is 403 g/mol. The highest BCUT2D eigenvalue weighted by Crippen LogP contribution is 2.39. The van der Waals surface area contributed by atoms with Crippen LogP contribution in [0.1, 0.15) is 60.2 Å². The van der Waals surface area contributed by atoms with Crippen molar-refractivity contribution in [2.75, 3.05) is 6.54 Å². The molecule has 0 saturated carbocycles. The van der Waals surface area contributed by atoms with Gasteiger partial charge in [-0.2, -0.15) is 0 Å². The van der Waals surface area contributed by atoms with Crippen LogP contribution in [0, 0.1) is 5.82 Å². The zero-order valence-corrected chi connectivity index (χ0v) is 18.9. The second-order valence-corrected chi connectivity index (χ2v) is 10.0. The number of H-pyrrole nitrogens is 1. The highest BCUT2D eigenvalue weighted by molar-refractivity contribution is 5.85. The summed E-state index contributed by atoms with van der Waals surface area (Å²) in [4.78, 5) is 35.0. The first-order valence-corrected chi connectivity index (χ1v) is 10.3. The van der Waals surface area contributed by atoms with E-state index in [1.54, 1.807) is 47.6 Å². The molecule has 2 unspecified atom stereocenters. The molecule has 2 atom stereocenters. The normalized spacial score (nSPS) is 22.5. The van der Waals surface area contributed by atoms with Gasteiger partial charge in [-0.3, -0.25) is 9.69 Å². The number of esters is 1. The van der Waals surface area contributed by atoms with Crippen LogP contribution < -0.4 is 5.73 Å². The van der Waals surface area contributed by atoms with Gasteiger partial charge in [-0.15, -0.1) is 0 Å². The number of likely N-dealkylation sites (tertiary alicyclic amines) is 1. The van der Waals surface area contributed by atoms with Crippen molar-refractivity contribution in [3.63, 3.8) is 0 Å². The standard InChI is InChI=1S/C22H31FN4O4/c1-20(2,3)30-18(28)22(17-25-14-8-7-13(23)11-15(14)26-17)9-10-27(16(24)12-22)19(29)31-21(4,5)6/h7-8,11,16H,9-10,12,24H2,1-6H3,(H,25,26). The summed E-state index contributed by atoms with van der Waals surface area (Å²) in [6, 6.07) is 4.18. The van der Waals surface area contributed by atoms with Crippen LogP contribution in [0.2, 0.25) is 0 Å². The lowest BCUT2D eigenvalue weighted by atomic mass is 9.76. The van der Waals surface area contributed by atoms with Crippen LogP contribution in [0.25, 0.3) is 11.0 Å². The van der Waals surface area contributed by atoms with E-state index < -0.39 is 40.7 Å². The first-order chi connectivity index (χ1) is 14.2. The maximum Gasteiger partial charge on any atom is 0.411 e. The minimum Gasteiger partial charge on any atom is -0.459 e. The number of hydrogen-bond donors (Lipinski definition) is 2. The van der Waals surface area contributed by atoms with Crippen LogP contribution in [0.5, 0.6) is 0 Å². The fraction of sp³-hybridized carbons (Fsp3) is 0.591. The molecule has 1 aliphatic rings. The summed E-state index contributed by atoms with van der Waals surface area (Å²) in [7, 11) is 0. The van der Waals surface area contributed by atoms with Crippen molar-refractivity contribution in [2.24, 2.45) is 5.73 Å². The number of nitrogens with two attached hydrogens (primary N) is 1. The van der Waals surface area contributed by atoms with E-state index in [1.807, 2.05) is 0 Å². The molecular formula is C22H31FN4O4. The minimum atomic E-state index is -1.21. The Hall–Kier alpha value is -2.68. The molecule has 1 amide bonds. The molecule has 0 spiro atoms. The van der Waals surface area contributed by atoms with Gasteiger partial charge in [0.05, 0.1) is 17.2 Å². The maximum atomic E-state index is 13.7. The summed E-state index contributed by atoms with van der Waals surface area (Å²) in [6.07, 6.45) is -1.01. The third kappa shape index (κ3) is 4.98. The molecule has 1 fully saturated rings. The Bertz CT molecular complexity index is 992. The molecule has 1 aromatic heterocycles. The first-order valence-electron chi connectivity index (χ1n) is 10.3. The number of imidazole rings is 1. The molecule has 1 aromatic carbocycles. The molecule has 3 N–H and O–H groups in total. The van der Waals surface area contributed by atoms with E-state index in [0.29, 0.717) is 16.9 Å². The van der Waals surface area contributed by atoms with Crippen molar-refractivity contribution in [1.82, 2.24) is 14.9 Å². The zero-order chi connectivity index (χ0) is 23.2. The lowest BCUT2D eigenvalue weighted by Gasteiger charge is -2.43. The number of nitrogens with one attached hydrogen (secondary N) is 1. The van der Waals surface area contributed by atoms with E-state index in [2.05, 4.69) is 9.97 Å². The van der Waals surface area contributed by atoms with Crippen LogP contribution >= 0.6 is 0 Å². The number of piperidine rings is 1. The van der Waals surface area contributed by atoms with Gasteiger partial charge in [-0.05, 0) is 66.2 Å². The molecule has 0 bridgehead atoms. The van der Waals surface area contributed by atoms with Crippen molar-refractivity contribution in [3.05, 3.63) is 29.8 Å². The number of carbonyl (C=O) groups is 2. The number of fused-ring (bicyclic) bond motifs is 1. The zero-order valence-electron chi connectivity index (χ0n) is 18.9. The van der Waals surface area contributed by atoms with E-state index in [9.17, 15) is 14.0 Å². The topological polar surface area (TPSA) is 111 Å². The Labute approximate surface area is 181 Å². The quantitative estimate of drug-likeness (QED) is 0.699. The lowest BCUT2D eigenvalue weighted by molar-refractivity contribution is -0.165. The van der Waals surface area contributed by atoms with Gasteiger partial charge in [0.15, 0.2) is 0 Å². The Morgan fingerprint density at radius 1 is 1.19 bits per heavy atom. The third-order valence-corrected chi connectivity index (χ3v) is 5.05. The van der Waals surface area contributed by atoms with E-state index in [0.717, 1.165) is 0 Å². The van der Waals surface area contributed by atoms with Gasteiger partial charge < -0.3 is 20.2 Å². The van der Waals surface area contributed by atoms with Crippen molar-refractivity contribution in [2.45, 2.75) is 77.2 Å². The average Bonchev–Trinajstić information content (AvgIpc) is 3.01. The first kappa shape index (κ1) is 23.0. The molecule has 8 nitrogen and oxygen atoms in total. The second-order valence-electron chi connectivity index (χ2n) is 10.0.